The summed E-state index contributed by atoms with van der Waals surface area (Å²) in [6, 6.07) is 6.01. The van der Waals surface area contributed by atoms with E-state index in [-0.39, 0.29) is 6.61 Å². The minimum absolute atomic E-state index is 0.250. The van der Waals surface area contributed by atoms with Crippen LogP contribution in [0.3, 0.4) is 0 Å². The number of nitrogens with one attached hydrogen (secondary N) is 1. The maximum atomic E-state index is 9.80. The van der Waals surface area contributed by atoms with Crippen molar-refractivity contribution in [2.75, 3.05) is 13.2 Å². The lowest BCUT2D eigenvalue weighted by Crippen LogP contribution is -2.35. The second kappa shape index (κ2) is 8.21. The van der Waals surface area contributed by atoms with E-state index < -0.39 is 6.10 Å². The summed E-state index contributed by atoms with van der Waals surface area (Å²) < 4.78 is 6.58. The molecule has 0 aliphatic heterocycles. The molecule has 0 fully saturated rings. The zero-order valence-corrected chi connectivity index (χ0v) is 13.1. The summed E-state index contributed by atoms with van der Waals surface area (Å²) in [6.07, 6.45) is -0.534. The van der Waals surface area contributed by atoms with E-state index in [1.165, 1.54) is 0 Å². The normalized spacial score (nSPS) is 11.9. The van der Waals surface area contributed by atoms with Crippen LogP contribution in [0.25, 0.3) is 0 Å². The Morgan fingerprint density at radius 2 is 2.16 bits per heavy atom. The first-order chi connectivity index (χ1) is 9.02. The molecule has 104 valence electrons. The summed E-state index contributed by atoms with van der Waals surface area (Å²) in [6.45, 7) is 6.63. The number of hydrogen-bond acceptors (Lipinski definition) is 3. The van der Waals surface area contributed by atoms with E-state index in [0.29, 0.717) is 18.3 Å². The molecule has 1 aromatic rings. The summed E-state index contributed by atoms with van der Waals surface area (Å²) >= 11 is 3.40. The number of ether oxygens (including phenoxy) is 1. The van der Waals surface area contributed by atoms with Crippen molar-refractivity contribution in [1.29, 1.82) is 0 Å². The van der Waals surface area contributed by atoms with E-state index in [0.717, 1.165) is 10.0 Å². The first kappa shape index (κ1) is 16.0. The molecule has 0 radical (unpaired) electrons. The van der Waals surface area contributed by atoms with Gasteiger partial charge in [-0.05, 0) is 25.1 Å². The molecule has 0 saturated carbocycles. The predicted molar refractivity (Wildman–Crippen MR) is 81.3 cm³/mol. The van der Waals surface area contributed by atoms with Crippen LogP contribution in [-0.2, 0) is 0 Å². The van der Waals surface area contributed by atoms with Crippen LogP contribution in [-0.4, -0.2) is 30.4 Å². The number of aliphatic hydroxyl groups is 1. The van der Waals surface area contributed by atoms with Gasteiger partial charge in [0.05, 0.1) is 5.56 Å². The quantitative estimate of drug-likeness (QED) is 0.790. The van der Waals surface area contributed by atoms with E-state index in [2.05, 4.69) is 33.1 Å². The topological polar surface area (TPSA) is 41.5 Å². The molecule has 0 saturated heterocycles. The molecule has 0 aromatic heterocycles. The first-order valence-corrected chi connectivity index (χ1v) is 7.08. The lowest BCUT2D eigenvalue weighted by Gasteiger charge is -2.15. The van der Waals surface area contributed by atoms with Gasteiger partial charge in [-0.3, -0.25) is 0 Å². The average Bonchev–Trinajstić information content (AvgIpc) is 2.35. The molecule has 1 atom stereocenters. The van der Waals surface area contributed by atoms with Crippen LogP contribution in [0.2, 0.25) is 0 Å². The molecular weight excluding hydrogens is 306 g/mol. The lowest BCUT2D eigenvalue weighted by atomic mass is 10.2. The fraction of sp³-hybridized carbons (Fsp3) is 0.467. The van der Waals surface area contributed by atoms with Crippen LogP contribution >= 0.6 is 15.9 Å². The van der Waals surface area contributed by atoms with Gasteiger partial charge in [-0.15, -0.1) is 5.92 Å². The van der Waals surface area contributed by atoms with Gasteiger partial charge in [-0.25, -0.2) is 0 Å². The highest BCUT2D eigenvalue weighted by atomic mass is 79.9. The Bertz CT molecular complexity index is 463. The molecule has 0 heterocycles. The molecule has 19 heavy (non-hydrogen) atoms. The predicted octanol–water partition coefficient (Wildman–Crippen LogP) is 2.56. The first-order valence-electron chi connectivity index (χ1n) is 6.29. The third-order valence-electron chi connectivity index (χ3n) is 2.39. The smallest absolute Gasteiger partial charge is 0.135 e. The Morgan fingerprint density at radius 1 is 1.42 bits per heavy atom. The monoisotopic (exact) mass is 325 g/mol. The molecule has 1 aromatic carbocycles. The third-order valence-corrected chi connectivity index (χ3v) is 2.89. The zero-order chi connectivity index (χ0) is 14.3. The van der Waals surface area contributed by atoms with Crippen LogP contribution in [0.4, 0.5) is 0 Å². The maximum Gasteiger partial charge on any atom is 0.135 e. The highest BCUT2D eigenvalue weighted by molar-refractivity contribution is 9.10. The van der Waals surface area contributed by atoms with Crippen molar-refractivity contribution in [1.82, 2.24) is 5.32 Å². The molecular formula is C15H20BrNO2. The summed E-state index contributed by atoms with van der Waals surface area (Å²) in [5, 5.41) is 13.0. The number of hydrogen-bond donors (Lipinski definition) is 2. The van der Waals surface area contributed by atoms with Gasteiger partial charge >= 0.3 is 0 Å². The molecule has 0 bridgehead atoms. The Morgan fingerprint density at radius 3 is 2.79 bits per heavy atom. The van der Waals surface area contributed by atoms with Crippen LogP contribution in [0, 0.1) is 11.8 Å². The standard InChI is InChI=1S/C15H20BrNO2/c1-4-5-12-8-13(16)6-7-15(12)19-10-14(18)9-17-11(2)3/h6-8,11,14,17-18H,9-10H2,1-3H3. The average molecular weight is 326 g/mol. The summed E-state index contributed by atoms with van der Waals surface area (Å²) in [5.74, 6) is 6.54. The molecule has 0 aliphatic carbocycles. The maximum absolute atomic E-state index is 9.80. The van der Waals surface area contributed by atoms with Crippen molar-refractivity contribution in [3.8, 4) is 17.6 Å². The van der Waals surface area contributed by atoms with Crippen molar-refractivity contribution in [2.24, 2.45) is 0 Å². The van der Waals surface area contributed by atoms with Gasteiger partial charge in [0.1, 0.15) is 18.5 Å². The fourth-order valence-corrected chi connectivity index (χ4v) is 1.84. The molecule has 4 heteroatoms. The van der Waals surface area contributed by atoms with Crippen molar-refractivity contribution in [3.63, 3.8) is 0 Å². The van der Waals surface area contributed by atoms with Crippen LogP contribution in [0.5, 0.6) is 5.75 Å². The largest absolute Gasteiger partial charge is 0.490 e. The van der Waals surface area contributed by atoms with E-state index in [1.54, 1.807) is 6.92 Å². The van der Waals surface area contributed by atoms with E-state index in [1.807, 2.05) is 32.0 Å². The lowest BCUT2D eigenvalue weighted by molar-refractivity contribution is 0.104. The summed E-state index contributed by atoms with van der Waals surface area (Å²) in [4.78, 5) is 0. The van der Waals surface area contributed by atoms with Crippen LogP contribution in [0.15, 0.2) is 22.7 Å². The number of halogens is 1. The van der Waals surface area contributed by atoms with Gasteiger partial charge in [0, 0.05) is 17.1 Å². The highest BCUT2D eigenvalue weighted by Crippen LogP contribution is 2.22. The Hall–Kier alpha value is -1.02. The SMILES string of the molecule is CC#Cc1cc(Br)ccc1OCC(O)CNC(C)C. The highest BCUT2D eigenvalue weighted by Gasteiger charge is 2.08. The van der Waals surface area contributed by atoms with Gasteiger partial charge in [0.2, 0.25) is 0 Å². The fourth-order valence-electron chi connectivity index (χ4n) is 1.48. The molecule has 3 nitrogen and oxygen atoms in total. The Kier molecular flexibility index (Phi) is 6.93. The zero-order valence-electron chi connectivity index (χ0n) is 11.5. The van der Waals surface area contributed by atoms with Gasteiger partial charge < -0.3 is 15.2 Å². The Balaban J connectivity index is 2.59. The van der Waals surface area contributed by atoms with Gasteiger partial charge in [-0.2, -0.15) is 0 Å². The van der Waals surface area contributed by atoms with E-state index in [4.69, 9.17) is 4.74 Å². The minimum atomic E-state index is -0.534. The summed E-state index contributed by atoms with van der Waals surface area (Å²) in [5.41, 5.74) is 0.820. The number of aliphatic hydroxyl groups excluding tert-OH is 1. The second-order valence-corrected chi connectivity index (χ2v) is 5.46. The molecule has 2 N–H and O–H groups in total. The van der Waals surface area contributed by atoms with Gasteiger partial charge in [-0.1, -0.05) is 35.7 Å². The van der Waals surface area contributed by atoms with Gasteiger partial charge in [0.25, 0.3) is 0 Å². The van der Waals surface area contributed by atoms with Crippen LogP contribution < -0.4 is 10.1 Å². The third kappa shape index (κ3) is 6.11. The van der Waals surface area contributed by atoms with E-state index in [9.17, 15) is 5.11 Å². The van der Waals surface area contributed by atoms with E-state index >= 15 is 0 Å². The molecule has 0 amide bonds. The molecule has 1 rings (SSSR count). The minimum Gasteiger partial charge on any atom is -0.490 e. The van der Waals surface area contributed by atoms with Crippen molar-refractivity contribution in [2.45, 2.75) is 32.9 Å². The van der Waals surface area contributed by atoms with Crippen LogP contribution in [0.1, 0.15) is 26.3 Å². The Labute approximate surface area is 123 Å². The van der Waals surface area contributed by atoms with Crippen molar-refractivity contribution in [3.05, 3.63) is 28.2 Å². The van der Waals surface area contributed by atoms with Crippen molar-refractivity contribution >= 4 is 15.9 Å². The van der Waals surface area contributed by atoms with Crippen molar-refractivity contribution < 1.29 is 9.84 Å². The molecule has 0 spiro atoms. The molecule has 1 unspecified atom stereocenters. The number of benzene rings is 1. The number of rotatable bonds is 6. The molecule has 0 aliphatic rings. The van der Waals surface area contributed by atoms with Gasteiger partial charge in [0.15, 0.2) is 0 Å². The summed E-state index contributed by atoms with van der Waals surface area (Å²) in [7, 11) is 0. The second-order valence-electron chi connectivity index (χ2n) is 4.54.